The van der Waals surface area contributed by atoms with Gasteiger partial charge in [0.15, 0.2) is 0 Å². The van der Waals surface area contributed by atoms with Gasteiger partial charge >= 0.3 is 0 Å². The van der Waals surface area contributed by atoms with Crippen LogP contribution in [-0.4, -0.2) is 30.4 Å². The van der Waals surface area contributed by atoms with Gasteiger partial charge in [-0.3, -0.25) is 9.69 Å². The van der Waals surface area contributed by atoms with E-state index in [9.17, 15) is 4.79 Å². The second-order valence-corrected chi connectivity index (χ2v) is 6.39. The van der Waals surface area contributed by atoms with Gasteiger partial charge in [-0.05, 0) is 62.2 Å². The Hall–Kier alpha value is -2.07. The molecule has 128 valence electrons. The van der Waals surface area contributed by atoms with Gasteiger partial charge in [-0.15, -0.1) is 0 Å². The maximum absolute atomic E-state index is 12.4. The molecule has 4 nitrogen and oxygen atoms in total. The molecule has 1 aliphatic rings. The summed E-state index contributed by atoms with van der Waals surface area (Å²) in [4.78, 5) is 14.9. The number of nitrogens with zero attached hydrogens (tertiary/aromatic N) is 1. The van der Waals surface area contributed by atoms with Gasteiger partial charge in [-0.1, -0.05) is 25.5 Å². The lowest BCUT2D eigenvalue weighted by Crippen LogP contribution is -2.40. The third-order valence-corrected chi connectivity index (χ3v) is 4.78. The van der Waals surface area contributed by atoms with E-state index < -0.39 is 0 Å². The van der Waals surface area contributed by atoms with Crippen LogP contribution in [0.5, 0.6) is 0 Å². The molecule has 1 unspecified atom stereocenters. The zero-order valence-electron chi connectivity index (χ0n) is 14.3. The van der Waals surface area contributed by atoms with Crippen molar-refractivity contribution in [2.45, 2.75) is 38.6 Å². The number of likely N-dealkylation sites (tertiary alicyclic amines) is 1. The molecule has 24 heavy (non-hydrogen) atoms. The molecule has 1 aromatic carbocycles. The predicted molar refractivity (Wildman–Crippen MR) is 95.0 cm³/mol. The first-order valence-corrected chi connectivity index (χ1v) is 8.92. The van der Waals surface area contributed by atoms with Crippen LogP contribution in [0, 0.1) is 0 Å². The third kappa shape index (κ3) is 4.06. The van der Waals surface area contributed by atoms with Gasteiger partial charge in [0.2, 0.25) is 0 Å². The van der Waals surface area contributed by atoms with Crippen LogP contribution in [0.1, 0.15) is 53.9 Å². The zero-order chi connectivity index (χ0) is 16.8. The van der Waals surface area contributed by atoms with Crippen molar-refractivity contribution in [3.8, 4) is 0 Å². The highest BCUT2D eigenvalue weighted by Gasteiger charge is 2.25. The smallest absolute Gasteiger partial charge is 0.251 e. The molecular weight excluding hydrogens is 300 g/mol. The van der Waals surface area contributed by atoms with Crippen LogP contribution in [0.25, 0.3) is 0 Å². The van der Waals surface area contributed by atoms with Crippen LogP contribution in [0.15, 0.2) is 47.1 Å². The topological polar surface area (TPSA) is 45.5 Å². The van der Waals surface area contributed by atoms with E-state index in [-0.39, 0.29) is 11.9 Å². The van der Waals surface area contributed by atoms with Gasteiger partial charge in [0.25, 0.3) is 5.91 Å². The normalized spacial score (nSPS) is 16.7. The van der Waals surface area contributed by atoms with Crippen molar-refractivity contribution in [2.24, 2.45) is 0 Å². The first kappa shape index (κ1) is 16.8. The Morgan fingerprint density at radius 1 is 1.17 bits per heavy atom. The first-order chi connectivity index (χ1) is 11.8. The molecule has 0 spiro atoms. The molecule has 1 amide bonds. The van der Waals surface area contributed by atoms with Crippen LogP contribution < -0.4 is 5.32 Å². The summed E-state index contributed by atoms with van der Waals surface area (Å²) in [5, 5.41) is 3.08. The molecule has 4 heteroatoms. The largest absolute Gasteiger partial charge is 0.468 e. The van der Waals surface area contributed by atoms with E-state index in [2.05, 4.69) is 17.1 Å². The number of aryl methyl sites for hydroxylation is 1. The summed E-state index contributed by atoms with van der Waals surface area (Å²) in [5.74, 6) is 0.907. The zero-order valence-corrected chi connectivity index (χ0v) is 14.3. The Balaban J connectivity index is 1.65. The van der Waals surface area contributed by atoms with Crippen LogP contribution in [0.4, 0.5) is 0 Å². The number of nitrogens with one attached hydrogen (secondary N) is 1. The number of carbonyl (C=O) groups excluding carboxylic acids is 1. The van der Waals surface area contributed by atoms with E-state index >= 15 is 0 Å². The number of furan rings is 1. The molecule has 0 saturated carbocycles. The molecule has 0 radical (unpaired) electrons. The van der Waals surface area contributed by atoms with E-state index in [1.807, 2.05) is 36.4 Å². The van der Waals surface area contributed by atoms with Gasteiger partial charge in [0, 0.05) is 12.1 Å². The monoisotopic (exact) mass is 326 g/mol. The van der Waals surface area contributed by atoms with Crippen molar-refractivity contribution in [2.75, 3.05) is 19.6 Å². The number of rotatable bonds is 6. The second-order valence-electron chi connectivity index (χ2n) is 6.39. The minimum absolute atomic E-state index is 0.0220. The van der Waals surface area contributed by atoms with Crippen LogP contribution >= 0.6 is 0 Å². The second kappa shape index (κ2) is 8.15. The molecule has 0 aliphatic carbocycles. The average molecular weight is 326 g/mol. The molecule has 2 aromatic rings. The molecule has 1 saturated heterocycles. The number of hydrogen-bond donors (Lipinski definition) is 1. The Bertz CT molecular complexity index is 628. The number of benzene rings is 1. The summed E-state index contributed by atoms with van der Waals surface area (Å²) in [5.41, 5.74) is 1.96. The molecule has 0 bridgehead atoms. The number of hydrogen-bond acceptors (Lipinski definition) is 3. The fourth-order valence-corrected chi connectivity index (χ4v) is 3.30. The molecule has 1 aromatic heterocycles. The summed E-state index contributed by atoms with van der Waals surface area (Å²) >= 11 is 0. The summed E-state index contributed by atoms with van der Waals surface area (Å²) in [6, 6.07) is 11.9. The number of piperidine rings is 1. The lowest BCUT2D eigenvalue weighted by Gasteiger charge is -2.33. The standard InChI is InChI=1S/C20H26N2O2/c1-2-16-8-10-17(11-9-16)20(23)21-15-18(19-7-6-14-24-19)22-12-4-3-5-13-22/h6-11,14,18H,2-5,12-13,15H2,1H3,(H,21,23). The Labute approximate surface area is 143 Å². The van der Waals surface area contributed by atoms with Crippen molar-refractivity contribution >= 4 is 5.91 Å². The van der Waals surface area contributed by atoms with E-state index in [0.717, 1.165) is 25.3 Å². The predicted octanol–water partition coefficient (Wildman–Crippen LogP) is 3.80. The maximum atomic E-state index is 12.4. The molecule has 2 heterocycles. The minimum Gasteiger partial charge on any atom is -0.468 e. The molecular formula is C20H26N2O2. The van der Waals surface area contributed by atoms with Gasteiger partial charge < -0.3 is 9.73 Å². The highest BCUT2D eigenvalue weighted by Crippen LogP contribution is 2.24. The average Bonchev–Trinajstić information content (AvgIpc) is 3.17. The lowest BCUT2D eigenvalue weighted by atomic mass is 10.1. The Morgan fingerprint density at radius 2 is 1.92 bits per heavy atom. The van der Waals surface area contributed by atoms with Crippen molar-refractivity contribution in [1.29, 1.82) is 0 Å². The molecule has 1 fully saturated rings. The first-order valence-electron chi connectivity index (χ1n) is 8.92. The van der Waals surface area contributed by atoms with E-state index in [0.29, 0.717) is 12.1 Å². The van der Waals surface area contributed by atoms with Crippen LogP contribution in [0.2, 0.25) is 0 Å². The van der Waals surface area contributed by atoms with Crippen molar-refractivity contribution < 1.29 is 9.21 Å². The van der Waals surface area contributed by atoms with Crippen molar-refractivity contribution in [3.05, 3.63) is 59.5 Å². The molecule has 3 rings (SSSR count). The van der Waals surface area contributed by atoms with Gasteiger partial charge in [-0.25, -0.2) is 0 Å². The quantitative estimate of drug-likeness (QED) is 0.878. The van der Waals surface area contributed by atoms with Crippen molar-refractivity contribution in [1.82, 2.24) is 10.2 Å². The van der Waals surface area contributed by atoms with Gasteiger partial charge in [-0.2, -0.15) is 0 Å². The minimum atomic E-state index is -0.0220. The third-order valence-electron chi connectivity index (χ3n) is 4.78. The van der Waals surface area contributed by atoms with Crippen molar-refractivity contribution in [3.63, 3.8) is 0 Å². The highest BCUT2D eigenvalue weighted by atomic mass is 16.3. The highest BCUT2D eigenvalue weighted by molar-refractivity contribution is 5.94. The fraction of sp³-hybridized carbons (Fsp3) is 0.450. The summed E-state index contributed by atoms with van der Waals surface area (Å²) < 4.78 is 5.62. The van der Waals surface area contributed by atoms with Gasteiger partial charge in [0.1, 0.15) is 5.76 Å². The SMILES string of the molecule is CCc1ccc(C(=O)NCC(c2ccco2)N2CCCCC2)cc1. The fourth-order valence-electron chi connectivity index (χ4n) is 3.30. The molecule has 1 atom stereocenters. The Morgan fingerprint density at radius 3 is 2.54 bits per heavy atom. The maximum Gasteiger partial charge on any atom is 0.251 e. The van der Waals surface area contributed by atoms with E-state index in [4.69, 9.17) is 4.42 Å². The molecule has 1 N–H and O–H groups in total. The van der Waals surface area contributed by atoms with E-state index in [1.165, 1.54) is 24.8 Å². The number of amides is 1. The summed E-state index contributed by atoms with van der Waals surface area (Å²) in [6.07, 6.45) is 6.40. The Kier molecular flexibility index (Phi) is 5.70. The lowest BCUT2D eigenvalue weighted by molar-refractivity contribution is 0.0914. The molecule has 1 aliphatic heterocycles. The number of carbonyl (C=O) groups is 1. The van der Waals surface area contributed by atoms with Gasteiger partial charge in [0.05, 0.1) is 12.3 Å². The summed E-state index contributed by atoms with van der Waals surface area (Å²) in [7, 11) is 0. The van der Waals surface area contributed by atoms with E-state index in [1.54, 1.807) is 6.26 Å². The van der Waals surface area contributed by atoms with Crippen LogP contribution in [0.3, 0.4) is 0 Å². The summed E-state index contributed by atoms with van der Waals surface area (Å²) in [6.45, 7) is 4.81. The van der Waals surface area contributed by atoms with Crippen LogP contribution in [-0.2, 0) is 6.42 Å².